The molecule has 0 aliphatic carbocycles. The maximum absolute atomic E-state index is 10.8. The van der Waals surface area contributed by atoms with Crippen molar-refractivity contribution in [3.05, 3.63) is 71.4 Å². The first kappa shape index (κ1) is 12.0. The van der Waals surface area contributed by atoms with Crippen molar-refractivity contribution in [3.63, 3.8) is 0 Å². The zero-order valence-corrected chi connectivity index (χ0v) is 10.4. The lowest BCUT2D eigenvalue weighted by Crippen LogP contribution is -1.89. The molecule has 0 saturated carbocycles. The van der Waals surface area contributed by atoms with E-state index in [0.29, 0.717) is 11.3 Å². The lowest BCUT2D eigenvalue weighted by atomic mass is 10.1. The molecule has 0 spiro atoms. The predicted octanol–water partition coefficient (Wildman–Crippen LogP) is 2.84. The number of pyridine rings is 1. The van der Waals surface area contributed by atoms with Gasteiger partial charge in [-0.2, -0.15) is 0 Å². The van der Waals surface area contributed by atoms with Gasteiger partial charge in [0.15, 0.2) is 0 Å². The third-order valence-corrected chi connectivity index (χ3v) is 2.90. The van der Waals surface area contributed by atoms with Crippen LogP contribution < -0.4 is 0 Å². The van der Waals surface area contributed by atoms with Gasteiger partial charge in [-0.05, 0) is 12.1 Å². The van der Waals surface area contributed by atoms with Crippen LogP contribution in [0.15, 0.2) is 61.3 Å². The highest BCUT2D eigenvalue weighted by atomic mass is 16.6. The third-order valence-electron chi connectivity index (χ3n) is 2.90. The highest BCUT2D eigenvalue weighted by Gasteiger charge is 2.09. The average Bonchev–Trinajstić information content (AvgIpc) is 2.98. The molecule has 0 unspecified atom stereocenters. The molecule has 0 fully saturated rings. The van der Waals surface area contributed by atoms with E-state index in [1.165, 1.54) is 12.1 Å². The summed E-state index contributed by atoms with van der Waals surface area (Å²) in [6.07, 6.45) is 6.89. The number of hydrogen-bond donors (Lipinski definition) is 0. The number of non-ortho nitro benzene ring substituents is 1. The molecule has 0 N–H and O–H groups in total. The Balaban J connectivity index is 1.98. The zero-order valence-electron chi connectivity index (χ0n) is 10.4. The number of hydrogen-bond acceptors (Lipinski definition) is 4. The summed E-state index contributed by atoms with van der Waals surface area (Å²) in [4.78, 5) is 18.6. The van der Waals surface area contributed by atoms with E-state index in [4.69, 9.17) is 0 Å². The first-order valence-corrected chi connectivity index (χ1v) is 5.93. The van der Waals surface area contributed by atoms with Crippen LogP contribution >= 0.6 is 0 Å². The van der Waals surface area contributed by atoms with Crippen molar-refractivity contribution in [2.45, 2.75) is 0 Å². The van der Waals surface area contributed by atoms with Gasteiger partial charge in [0.1, 0.15) is 0 Å². The SMILES string of the molecule is O=[N+]([O-])c1cccc(-c2cn(-c3ccncc3)cn2)c1. The van der Waals surface area contributed by atoms with E-state index < -0.39 is 4.92 Å². The fraction of sp³-hybridized carbons (Fsp3) is 0. The number of nitro groups is 1. The van der Waals surface area contributed by atoms with Crippen LogP contribution in [0, 0.1) is 10.1 Å². The van der Waals surface area contributed by atoms with E-state index in [1.54, 1.807) is 30.9 Å². The number of rotatable bonds is 3. The van der Waals surface area contributed by atoms with Crippen LogP contribution in [-0.2, 0) is 0 Å². The molecule has 0 aliphatic rings. The first-order chi connectivity index (χ1) is 9.74. The molecule has 20 heavy (non-hydrogen) atoms. The summed E-state index contributed by atoms with van der Waals surface area (Å²) >= 11 is 0. The molecule has 98 valence electrons. The van der Waals surface area contributed by atoms with Gasteiger partial charge in [-0.3, -0.25) is 15.1 Å². The second-order valence-corrected chi connectivity index (χ2v) is 4.18. The Labute approximate surface area is 114 Å². The van der Waals surface area contributed by atoms with Crippen molar-refractivity contribution in [3.8, 4) is 16.9 Å². The number of nitrogens with zero attached hydrogens (tertiary/aromatic N) is 4. The van der Waals surface area contributed by atoms with Crippen molar-refractivity contribution in [2.75, 3.05) is 0 Å². The van der Waals surface area contributed by atoms with Crippen LogP contribution in [0.1, 0.15) is 0 Å². The molecule has 0 aliphatic heterocycles. The molecule has 0 bridgehead atoms. The normalized spacial score (nSPS) is 10.4. The molecule has 0 radical (unpaired) electrons. The molecular formula is C14H10N4O2. The van der Waals surface area contributed by atoms with Gasteiger partial charge in [0.05, 0.1) is 16.9 Å². The van der Waals surface area contributed by atoms with E-state index >= 15 is 0 Å². The Morgan fingerprint density at radius 3 is 2.70 bits per heavy atom. The number of aromatic nitrogens is 3. The third kappa shape index (κ3) is 2.26. The molecule has 3 rings (SSSR count). The standard InChI is InChI=1S/C14H10N4O2/c19-18(20)13-3-1-2-11(8-13)14-9-17(10-16-14)12-4-6-15-7-5-12/h1-10H. The van der Waals surface area contributed by atoms with Crippen LogP contribution in [0.25, 0.3) is 16.9 Å². The van der Waals surface area contributed by atoms with E-state index in [-0.39, 0.29) is 5.69 Å². The minimum absolute atomic E-state index is 0.0564. The molecule has 1 aromatic carbocycles. The van der Waals surface area contributed by atoms with Crippen LogP contribution in [0.4, 0.5) is 5.69 Å². The van der Waals surface area contributed by atoms with E-state index in [1.807, 2.05) is 22.9 Å². The topological polar surface area (TPSA) is 73.8 Å². The first-order valence-electron chi connectivity index (χ1n) is 5.93. The number of nitro benzene ring substituents is 1. The van der Waals surface area contributed by atoms with Crippen LogP contribution in [0.5, 0.6) is 0 Å². The largest absolute Gasteiger partial charge is 0.306 e. The monoisotopic (exact) mass is 266 g/mol. The lowest BCUT2D eigenvalue weighted by Gasteiger charge is -1.99. The molecule has 6 nitrogen and oxygen atoms in total. The van der Waals surface area contributed by atoms with Gasteiger partial charge in [-0.1, -0.05) is 12.1 Å². The van der Waals surface area contributed by atoms with Gasteiger partial charge >= 0.3 is 0 Å². The van der Waals surface area contributed by atoms with E-state index in [0.717, 1.165) is 5.69 Å². The summed E-state index contributed by atoms with van der Waals surface area (Å²) in [6.45, 7) is 0. The smallest absolute Gasteiger partial charge is 0.270 e. The summed E-state index contributed by atoms with van der Waals surface area (Å²) in [6, 6.07) is 10.1. The van der Waals surface area contributed by atoms with Crippen molar-refractivity contribution >= 4 is 5.69 Å². The van der Waals surface area contributed by atoms with Crippen molar-refractivity contribution in [1.29, 1.82) is 0 Å². The molecule has 0 amide bonds. The van der Waals surface area contributed by atoms with E-state index in [2.05, 4.69) is 9.97 Å². The van der Waals surface area contributed by atoms with Gasteiger partial charge in [0, 0.05) is 42.0 Å². The molecule has 2 heterocycles. The average molecular weight is 266 g/mol. The number of imidazole rings is 1. The highest BCUT2D eigenvalue weighted by molar-refractivity contribution is 5.62. The van der Waals surface area contributed by atoms with Crippen LogP contribution in [0.2, 0.25) is 0 Å². The molecule has 6 heteroatoms. The minimum Gasteiger partial charge on any atom is -0.306 e. The fourth-order valence-electron chi connectivity index (χ4n) is 1.91. The Bertz CT molecular complexity index is 753. The minimum atomic E-state index is -0.413. The molecule has 0 atom stereocenters. The van der Waals surface area contributed by atoms with Crippen molar-refractivity contribution in [1.82, 2.24) is 14.5 Å². The quantitative estimate of drug-likeness (QED) is 0.539. The Morgan fingerprint density at radius 1 is 1.15 bits per heavy atom. The summed E-state index contributed by atoms with van der Waals surface area (Å²) in [5, 5.41) is 10.8. The number of benzene rings is 1. The van der Waals surface area contributed by atoms with Gasteiger partial charge in [0.25, 0.3) is 5.69 Å². The molecule has 0 saturated heterocycles. The van der Waals surface area contributed by atoms with Gasteiger partial charge in [-0.15, -0.1) is 0 Å². The maximum atomic E-state index is 10.8. The summed E-state index contributed by atoms with van der Waals surface area (Å²) in [5.41, 5.74) is 2.39. The summed E-state index contributed by atoms with van der Waals surface area (Å²) in [5.74, 6) is 0. The van der Waals surface area contributed by atoms with Gasteiger partial charge < -0.3 is 4.57 Å². The Morgan fingerprint density at radius 2 is 1.95 bits per heavy atom. The van der Waals surface area contributed by atoms with Gasteiger partial charge in [0.2, 0.25) is 0 Å². The highest BCUT2D eigenvalue weighted by Crippen LogP contribution is 2.23. The van der Waals surface area contributed by atoms with Crippen molar-refractivity contribution in [2.24, 2.45) is 0 Å². The molecule has 3 aromatic rings. The zero-order chi connectivity index (χ0) is 13.9. The Hall–Kier alpha value is -3.02. The summed E-state index contributed by atoms with van der Waals surface area (Å²) in [7, 11) is 0. The van der Waals surface area contributed by atoms with E-state index in [9.17, 15) is 10.1 Å². The fourth-order valence-corrected chi connectivity index (χ4v) is 1.91. The maximum Gasteiger partial charge on any atom is 0.270 e. The molecule has 2 aromatic heterocycles. The van der Waals surface area contributed by atoms with Crippen LogP contribution in [-0.4, -0.2) is 19.5 Å². The predicted molar refractivity (Wildman–Crippen MR) is 73.4 cm³/mol. The second kappa shape index (κ2) is 4.93. The summed E-state index contributed by atoms with van der Waals surface area (Å²) < 4.78 is 1.84. The second-order valence-electron chi connectivity index (χ2n) is 4.18. The van der Waals surface area contributed by atoms with Crippen molar-refractivity contribution < 1.29 is 4.92 Å². The van der Waals surface area contributed by atoms with Gasteiger partial charge in [-0.25, -0.2) is 4.98 Å². The lowest BCUT2D eigenvalue weighted by molar-refractivity contribution is -0.384. The van der Waals surface area contributed by atoms with Crippen LogP contribution in [0.3, 0.4) is 0 Å². The molecular weight excluding hydrogens is 256 g/mol. The Kier molecular flexibility index (Phi) is 2.96.